The summed E-state index contributed by atoms with van der Waals surface area (Å²) in [5, 5.41) is 8.47. The lowest BCUT2D eigenvalue weighted by Crippen LogP contribution is -2.27. The van der Waals surface area contributed by atoms with Gasteiger partial charge in [-0.2, -0.15) is 0 Å². The van der Waals surface area contributed by atoms with Crippen LogP contribution in [0.1, 0.15) is 5.56 Å². The minimum atomic E-state index is -0.994. The monoisotopic (exact) mass is 249 g/mol. The summed E-state index contributed by atoms with van der Waals surface area (Å²) in [7, 11) is 3.32. The predicted octanol–water partition coefficient (Wildman–Crippen LogP) is 1.25. The fraction of sp³-hybridized carbons (Fsp3) is 0.231. The molecule has 96 valence electrons. The highest BCUT2D eigenvalue weighted by molar-refractivity contribution is 5.85. The van der Waals surface area contributed by atoms with E-state index in [9.17, 15) is 9.59 Å². The van der Waals surface area contributed by atoms with E-state index in [1.165, 1.54) is 11.0 Å². The lowest BCUT2D eigenvalue weighted by molar-refractivity contribution is -0.131. The summed E-state index contributed by atoms with van der Waals surface area (Å²) >= 11 is 0. The molecule has 0 aliphatic heterocycles. The van der Waals surface area contributed by atoms with Gasteiger partial charge < -0.3 is 14.7 Å². The second kappa shape index (κ2) is 6.44. The first-order chi connectivity index (χ1) is 8.49. The highest BCUT2D eigenvalue weighted by atomic mass is 16.5. The van der Waals surface area contributed by atoms with E-state index in [4.69, 9.17) is 9.84 Å². The van der Waals surface area contributed by atoms with Gasteiger partial charge in [0, 0.05) is 20.2 Å². The van der Waals surface area contributed by atoms with Crippen molar-refractivity contribution in [2.24, 2.45) is 0 Å². The molecule has 1 aromatic rings. The molecule has 5 heteroatoms. The van der Waals surface area contributed by atoms with Crippen LogP contribution < -0.4 is 4.74 Å². The molecule has 0 unspecified atom stereocenters. The minimum Gasteiger partial charge on any atom is -0.484 e. The van der Waals surface area contributed by atoms with Gasteiger partial charge in [-0.15, -0.1) is 0 Å². The topological polar surface area (TPSA) is 66.8 Å². The molecule has 18 heavy (non-hydrogen) atoms. The van der Waals surface area contributed by atoms with Crippen molar-refractivity contribution in [1.29, 1.82) is 0 Å². The third kappa shape index (κ3) is 4.69. The minimum absolute atomic E-state index is 0.0166. The molecule has 0 aliphatic carbocycles. The van der Waals surface area contributed by atoms with Crippen molar-refractivity contribution in [3.63, 3.8) is 0 Å². The smallest absolute Gasteiger partial charge is 0.328 e. The van der Waals surface area contributed by atoms with Gasteiger partial charge in [-0.3, -0.25) is 4.79 Å². The predicted molar refractivity (Wildman–Crippen MR) is 67.3 cm³/mol. The number of carboxylic acid groups (broad SMARTS) is 1. The van der Waals surface area contributed by atoms with Crippen molar-refractivity contribution >= 4 is 18.0 Å². The molecule has 0 atom stereocenters. The van der Waals surface area contributed by atoms with Crippen LogP contribution in [0.3, 0.4) is 0 Å². The molecule has 1 amide bonds. The third-order valence-corrected chi connectivity index (χ3v) is 2.16. The largest absolute Gasteiger partial charge is 0.484 e. The molecular formula is C13H15NO4. The van der Waals surface area contributed by atoms with Crippen LogP contribution in [0.15, 0.2) is 30.3 Å². The van der Waals surface area contributed by atoms with Crippen LogP contribution in [-0.2, 0) is 9.59 Å². The highest BCUT2D eigenvalue weighted by Crippen LogP contribution is 2.13. The van der Waals surface area contributed by atoms with Crippen LogP contribution in [0.2, 0.25) is 0 Å². The summed E-state index contributed by atoms with van der Waals surface area (Å²) in [5.41, 5.74) is 0.753. The number of carbonyl (C=O) groups excluding carboxylic acids is 1. The average molecular weight is 249 g/mol. The van der Waals surface area contributed by atoms with Gasteiger partial charge in [-0.25, -0.2) is 4.79 Å². The van der Waals surface area contributed by atoms with E-state index in [0.29, 0.717) is 5.75 Å². The molecule has 1 aromatic carbocycles. The Morgan fingerprint density at radius 2 is 1.89 bits per heavy atom. The molecule has 1 N–H and O–H groups in total. The Bertz CT molecular complexity index is 449. The van der Waals surface area contributed by atoms with Crippen LogP contribution >= 0.6 is 0 Å². The lowest BCUT2D eigenvalue weighted by Gasteiger charge is -2.11. The first-order valence-corrected chi connectivity index (χ1v) is 5.33. The van der Waals surface area contributed by atoms with Gasteiger partial charge in [0.15, 0.2) is 6.61 Å². The third-order valence-electron chi connectivity index (χ3n) is 2.16. The molecule has 0 bridgehead atoms. The maximum Gasteiger partial charge on any atom is 0.328 e. The molecular weight excluding hydrogens is 234 g/mol. The van der Waals surface area contributed by atoms with Gasteiger partial charge in [0.05, 0.1) is 0 Å². The number of hydrogen-bond donors (Lipinski definition) is 1. The molecule has 0 fully saturated rings. The number of likely N-dealkylation sites (N-methyl/N-ethyl adjacent to an activating group) is 1. The number of carbonyl (C=O) groups is 2. The molecule has 0 spiro atoms. The van der Waals surface area contributed by atoms with E-state index in [-0.39, 0.29) is 12.5 Å². The fourth-order valence-electron chi connectivity index (χ4n) is 1.12. The van der Waals surface area contributed by atoms with Crippen LogP contribution in [0, 0.1) is 0 Å². The van der Waals surface area contributed by atoms with E-state index in [2.05, 4.69) is 0 Å². The maximum atomic E-state index is 11.3. The van der Waals surface area contributed by atoms with E-state index < -0.39 is 5.97 Å². The van der Waals surface area contributed by atoms with E-state index in [1.54, 1.807) is 38.4 Å². The summed E-state index contributed by atoms with van der Waals surface area (Å²) in [6, 6.07) is 6.80. The molecule has 1 rings (SSSR count). The number of ether oxygens (including phenoxy) is 1. The molecule has 0 saturated heterocycles. The summed E-state index contributed by atoms with van der Waals surface area (Å²) in [6.07, 6.45) is 2.54. The summed E-state index contributed by atoms with van der Waals surface area (Å²) in [4.78, 5) is 23.1. The van der Waals surface area contributed by atoms with Crippen molar-refractivity contribution in [3.8, 4) is 5.75 Å². The zero-order valence-electron chi connectivity index (χ0n) is 10.3. The quantitative estimate of drug-likeness (QED) is 0.797. The Kier molecular flexibility index (Phi) is 4.92. The van der Waals surface area contributed by atoms with E-state index in [0.717, 1.165) is 11.6 Å². The van der Waals surface area contributed by atoms with Gasteiger partial charge in [0.25, 0.3) is 5.91 Å². The summed E-state index contributed by atoms with van der Waals surface area (Å²) in [6.45, 7) is -0.0166. The number of benzene rings is 1. The number of rotatable bonds is 5. The summed E-state index contributed by atoms with van der Waals surface area (Å²) in [5.74, 6) is -0.547. The van der Waals surface area contributed by atoms with Gasteiger partial charge in [-0.05, 0) is 23.8 Å². The molecule has 0 heterocycles. The molecule has 0 radical (unpaired) electrons. The van der Waals surface area contributed by atoms with Gasteiger partial charge >= 0.3 is 5.97 Å². The first-order valence-electron chi connectivity index (χ1n) is 5.33. The number of carboxylic acids is 1. The van der Waals surface area contributed by atoms with Crippen LogP contribution in [0.5, 0.6) is 5.75 Å². The zero-order valence-corrected chi connectivity index (χ0v) is 10.3. The van der Waals surface area contributed by atoms with Crippen molar-refractivity contribution in [3.05, 3.63) is 35.9 Å². The van der Waals surface area contributed by atoms with Crippen LogP contribution in [0.4, 0.5) is 0 Å². The maximum absolute atomic E-state index is 11.3. The van der Waals surface area contributed by atoms with Crippen LogP contribution in [0.25, 0.3) is 6.08 Å². The van der Waals surface area contributed by atoms with Gasteiger partial charge in [0.2, 0.25) is 0 Å². The first kappa shape index (κ1) is 13.8. The number of amides is 1. The van der Waals surface area contributed by atoms with E-state index >= 15 is 0 Å². The molecule has 0 saturated carbocycles. The average Bonchev–Trinajstić information content (AvgIpc) is 2.34. The van der Waals surface area contributed by atoms with Crippen molar-refractivity contribution in [2.45, 2.75) is 0 Å². The summed E-state index contributed by atoms with van der Waals surface area (Å²) < 4.78 is 5.28. The van der Waals surface area contributed by atoms with Crippen LogP contribution in [-0.4, -0.2) is 42.6 Å². The van der Waals surface area contributed by atoms with Crippen molar-refractivity contribution in [2.75, 3.05) is 20.7 Å². The number of nitrogens with zero attached hydrogens (tertiary/aromatic N) is 1. The fourth-order valence-corrected chi connectivity index (χ4v) is 1.12. The normalized spacial score (nSPS) is 10.3. The van der Waals surface area contributed by atoms with Gasteiger partial charge in [0.1, 0.15) is 5.75 Å². The zero-order chi connectivity index (χ0) is 13.5. The Morgan fingerprint density at radius 1 is 1.28 bits per heavy atom. The lowest BCUT2D eigenvalue weighted by atomic mass is 10.2. The molecule has 0 aliphatic rings. The number of hydrogen-bond acceptors (Lipinski definition) is 3. The van der Waals surface area contributed by atoms with Gasteiger partial charge in [-0.1, -0.05) is 12.1 Å². The Labute approximate surface area is 105 Å². The van der Waals surface area contributed by atoms with Crippen molar-refractivity contribution in [1.82, 2.24) is 4.90 Å². The van der Waals surface area contributed by atoms with E-state index in [1.807, 2.05) is 0 Å². The molecule has 0 aromatic heterocycles. The Balaban J connectivity index is 2.55. The van der Waals surface area contributed by atoms with Crippen molar-refractivity contribution < 1.29 is 19.4 Å². The SMILES string of the molecule is CN(C)C(=O)COc1ccc(/C=C/C(=O)O)cc1. The second-order valence-electron chi connectivity index (χ2n) is 3.82. The highest BCUT2D eigenvalue weighted by Gasteiger charge is 2.04. The second-order valence-corrected chi connectivity index (χ2v) is 3.82. The standard InChI is InChI=1S/C13H15NO4/c1-14(2)12(15)9-18-11-6-3-10(4-7-11)5-8-13(16)17/h3-8H,9H2,1-2H3,(H,16,17)/b8-5+. The Hall–Kier alpha value is -2.30. The number of aliphatic carboxylic acids is 1. The molecule has 5 nitrogen and oxygen atoms in total. The Morgan fingerprint density at radius 3 is 2.39 bits per heavy atom.